The summed E-state index contributed by atoms with van der Waals surface area (Å²) in [4.78, 5) is 42.8. The fourth-order valence-corrected chi connectivity index (χ4v) is 5.35. The molecule has 0 aliphatic heterocycles. The third kappa shape index (κ3) is 5.93. The molecule has 0 radical (unpaired) electrons. The number of carboxylic acid groups (broad SMARTS) is 1. The lowest BCUT2D eigenvalue weighted by atomic mass is 9.86. The molecule has 0 saturated heterocycles. The zero-order chi connectivity index (χ0) is 27.1. The zero-order valence-corrected chi connectivity index (χ0v) is 21.4. The van der Waals surface area contributed by atoms with Gasteiger partial charge in [0.05, 0.1) is 45.9 Å². The van der Waals surface area contributed by atoms with Crippen LogP contribution in [0.25, 0.3) is 0 Å². The number of rotatable bonds is 8. The molecule has 13 heteroatoms. The Labute approximate surface area is 220 Å². The van der Waals surface area contributed by atoms with Gasteiger partial charge in [0.25, 0.3) is 5.91 Å². The number of amides is 1. The predicted octanol–water partition coefficient (Wildman–Crippen LogP) is 5.54. The van der Waals surface area contributed by atoms with Gasteiger partial charge >= 0.3 is 12.1 Å². The summed E-state index contributed by atoms with van der Waals surface area (Å²) in [7, 11) is 0. The van der Waals surface area contributed by atoms with Gasteiger partial charge in [0, 0.05) is 18.9 Å². The molecule has 2 fully saturated rings. The second-order valence-corrected chi connectivity index (χ2v) is 10.9. The van der Waals surface area contributed by atoms with Crippen molar-refractivity contribution >= 4 is 40.9 Å². The number of carboxylic acids is 1. The van der Waals surface area contributed by atoms with E-state index in [4.69, 9.17) is 23.2 Å². The maximum absolute atomic E-state index is 14.3. The minimum atomic E-state index is -4.90. The molecule has 0 aromatic carbocycles. The van der Waals surface area contributed by atoms with Crippen LogP contribution in [0.3, 0.4) is 0 Å². The van der Waals surface area contributed by atoms with Crippen molar-refractivity contribution in [2.45, 2.75) is 57.7 Å². The van der Waals surface area contributed by atoms with Crippen LogP contribution < -0.4 is 0 Å². The van der Waals surface area contributed by atoms with Crippen molar-refractivity contribution < 1.29 is 32.7 Å². The number of carbonyl (C=O) groups excluding carboxylic acids is 2. The highest BCUT2D eigenvalue weighted by Crippen LogP contribution is 2.46. The van der Waals surface area contributed by atoms with E-state index >= 15 is 0 Å². The molecular formula is C24H25Cl2F3N4O4. The van der Waals surface area contributed by atoms with Crippen LogP contribution in [0.5, 0.6) is 0 Å². The molecule has 8 nitrogen and oxygen atoms in total. The Balaban J connectivity index is 1.65. The number of Topliss-reactive ketones (excluding diaryl/α,β-unsaturated/α-hetero) is 1. The molecule has 2 aromatic rings. The fourth-order valence-electron chi connectivity index (χ4n) is 4.78. The van der Waals surface area contributed by atoms with Crippen LogP contribution in [0.1, 0.15) is 77.9 Å². The number of carbonyl (C=O) groups is 3. The molecule has 0 unspecified atom stereocenters. The first-order chi connectivity index (χ1) is 17.3. The molecule has 0 bridgehead atoms. The number of pyridine rings is 1. The van der Waals surface area contributed by atoms with E-state index in [1.165, 1.54) is 12.4 Å². The van der Waals surface area contributed by atoms with E-state index in [-0.39, 0.29) is 53.3 Å². The van der Waals surface area contributed by atoms with Gasteiger partial charge in [-0.2, -0.15) is 18.3 Å². The lowest BCUT2D eigenvalue weighted by molar-refractivity contribution is -0.147. The molecule has 2 aromatic heterocycles. The second kappa shape index (κ2) is 10.2. The highest BCUT2D eigenvalue weighted by Gasteiger charge is 2.45. The van der Waals surface area contributed by atoms with Gasteiger partial charge in [-0.25, -0.2) is 0 Å². The maximum Gasteiger partial charge on any atom is 0.433 e. The Kier molecular flexibility index (Phi) is 7.58. The van der Waals surface area contributed by atoms with Gasteiger partial charge in [0.1, 0.15) is 0 Å². The van der Waals surface area contributed by atoms with Crippen molar-refractivity contribution in [3.63, 3.8) is 0 Å². The molecule has 0 atom stereocenters. The van der Waals surface area contributed by atoms with E-state index in [0.29, 0.717) is 0 Å². The Bertz CT molecular complexity index is 1200. The van der Waals surface area contributed by atoms with E-state index in [1.54, 1.807) is 0 Å². The van der Waals surface area contributed by atoms with Gasteiger partial charge in [-0.15, -0.1) is 0 Å². The van der Waals surface area contributed by atoms with Crippen molar-refractivity contribution in [3.8, 4) is 0 Å². The largest absolute Gasteiger partial charge is 0.481 e. The number of hydrogen-bond acceptors (Lipinski definition) is 5. The highest BCUT2D eigenvalue weighted by atomic mass is 35.5. The van der Waals surface area contributed by atoms with E-state index < -0.39 is 53.6 Å². The molecule has 1 amide bonds. The third-order valence-electron chi connectivity index (χ3n) is 7.12. The van der Waals surface area contributed by atoms with Crippen molar-refractivity contribution in [2.75, 3.05) is 13.1 Å². The van der Waals surface area contributed by atoms with E-state index in [9.17, 15) is 32.7 Å². The van der Waals surface area contributed by atoms with E-state index in [2.05, 4.69) is 10.1 Å². The zero-order valence-electron chi connectivity index (χ0n) is 19.9. The lowest BCUT2D eigenvalue weighted by Crippen LogP contribution is -2.40. The van der Waals surface area contributed by atoms with E-state index in [0.717, 1.165) is 28.6 Å². The van der Waals surface area contributed by atoms with Gasteiger partial charge in [0.15, 0.2) is 11.5 Å². The van der Waals surface area contributed by atoms with Crippen LogP contribution in [0.2, 0.25) is 10.0 Å². The van der Waals surface area contributed by atoms with Gasteiger partial charge in [-0.1, -0.05) is 30.1 Å². The second-order valence-electron chi connectivity index (χ2n) is 10.1. The summed E-state index contributed by atoms with van der Waals surface area (Å²) >= 11 is 12.2. The molecule has 4 rings (SSSR count). The first-order valence-corrected chi connectivity index (χ1v) is 12.6. The molecular weight excluding hydrogens is 536 g/mol. The van der Waals surface area contributed by atoms with Crippen LogP contribution in [0, 0.1) is 11.3 Å². The fraction of sp³-hybridized carbons (Fsp3) is 0.542. The molecule has 1 N–H and O–H groups in total. The maximum atomic E-state index is 14.3. The average molecular weight is 561 g/mol. The number of ketones is 1. The van der Waals surface area contributed by atoms with Gasteiger partial charge < -0.3 is 10.0 Å². The Morgan fingerprint density at radius 1 is 1.11 bits per heavy atom. The highest BCUT2D eigenvalue weighted by molar-refractivity contribution is 6.39. The molecule has 200 valence electrons. The lowest BCUT2D eigenvalue weighted by Gasteiger charge is -2.29. The monoisotopic (exact) mass is 560 g/mol. The summed E-state index contributed by atoms with van der Waals surface area (Å²) in [5, 5.41) is 13.1. The van der Waals surface area contributed by atoms with Crippen LogP contribution in [-0.2, 0) is 11.0 Å². The Morgan fingerprint density at radius 3 is 2.22 bits per heavy atom. The summed E-state index contributed by atoms with van der Waals surface area (Å²) in [5.74, 6) is -3.19. The summed E-state index contributed by atoms with van der Waals surface area (Å²) < 4.78 is 43.6. The summed E-state index contributed by atoms with van der Waals surface area (Å²) in [5.41, 5.74) is -2.23. The Hall–Kier alpha value is -2.66. The van der Waals surface area contributed by atoms with Crippen molar-refractivity contribution in [1.29, 1.82) is 0 Å². The van der Waals surface area contributed by atoms with Crippen LogP contribution in [-0.4, -0.2) is 55.5 Å². The predicted molar refractivity (Wildman–Crippen MR) is 128 cm³/mol. The van der Waals surface area contributed by atoms with Gasteiger partial charge in [0.2, 0.25) is 0 Å². The molecule has 0 spiro atoms. The van der Waals surface area contributed by atoms with E-state index in [1.807, 2.05) is 6.92 Å². The molecule has 2 saturated carbocycles. The first kappa shape index (κ1) is 27.4. The third-order valence-corrected chi connectivity index (χ3v) is 7.69. The van der Waals surface area contributed by atoms with Crippen LogP contribution in [0.4, 0.5) is 13.2 Å². The molecule has 2 aliphatic carbocycles. The summed E-state index contributed by atoms with van der Waals surface area (Å²) in [6.45, 7) is 1.44. The number of aromatic nitrogens is 3. The Morgan fingerprint density at radius 2 is 1.70 bits per heavy atom. The topological polar surface area (TPSA) is 105 Å². The minimum absolute atomic E-state index is 0.0247. The van der Waals surface area contributed by atoms with Crippen LogP contribution >= 0.6 is 23.2 Å². The molecule has 37 heavy (non-hydrogen) atoms. The number of alkyl halides is 3. The molecule has 2 aliphatic rings. The SMILES string of the molecule is CC1(CN(CC(=O)c2c(Cl)cncc2Cl)C(=O)c2cnn(C3CCC(C(=O)O)CC3)c2C(F)(F)F)CC1. The van der Waals surface area contributed by atoms with Crippen molar-refractivity contribution in [2.24, 2.45) is 11.3 Å². The van der Waals surface area contributed by atoms with Crippen molar-refractivity contribution in [1.82, 2.24) is 19.7 Å². The van der Waals surface area contributed by atoms with Gasteiger partial charge in [-0.05, 0) is 43.9 Å². The average Bonchev–Trinajstić information content (AvgIpc) is 3.36. The number of halogens is 5. The summed E-state index contributed by atoms with van der Waals surface area (Å²) in [6.07, 6.45) is 0.762. The number of nitrogens with zero attached hydrogens (tertiary/aromatic N) is 4. The minimum Gasteiger partial charge on any atom is -0.481 e. The quantitative estimate of drug-likeness (QED) is 0.424. The smallest absolute Gasteiger partial charge is 0.433 e. The molecule has 2 heterocycles. The van der Waals surface area contributed by atoms with Crippen molar-refractivity contribution in [3.05, 3.63) is 45.5 Å². The first-order valence-electron chi connectivity index (χ1n) is 11.8. The normalized spacial score (nSPS) is 20.9. The summed E-state index contributed by atoms with van der Waals surface area (Å²) in [6, 6.07) is -0.695. The van der Waals surface area contributed by atoms with Gasteiger partial charge in [-0.3, -0.25) is 24.0 Å². The van der Waals surface area contributed by atoms with Crippen LogP contribution in [0.15, 0.2) is 18.6 Å². The number of aliphatic carboxylic acids is 1. The standard InChI is InChI=1S/C24H25Cl2F3N4O4/c1-23(6-7-23)12-32(11-18(34)19-16(25)9-30-10-17(19)26)21(35)15-8-31-33(20(15)24(27,28)29)14-4-2-13(3-5-14)22(36)37/h8-10,13-14H,2-7,11-12H2,1H3,(H,36,37). The number of hydrogen-bond donors (Lipinski definition) is 1.